The van der Waals surface area contributed by atoms with Crippen LogP contribution in [0.5, 0.6) is 5.88 Å². The molecule has 3 aliphatic heterocycles. The maximum atomic E-state index is 13.0. The van der Waals surface area contributed by atoms with Gasteiger partial charge in [0, 0.05) is 42.4 Å². The zero-order chi connectivity index (χ0) is 28.7. The fourth-order valence-corrected chi connectivity index (χ4v) is 6.98. The molecule has 6 rings (SSSR count). The zero-order valence-electron chi connectivity index (χ0n) is 22.7. The number of amides is 1. The largest absolute Gasteiger partial charge is 0.493 e. The molecule has 3 aliphatic rings. The lowest BCUT2D eigenvalue weighted by atomic mass is 9.73. The molecular formula is C28H32ClN7O4S. The van der Waals surface area contributed by atoms with Crippen molar-refractivity contribution in [2.45, 2.75) is 67.8 Å². The van der Waals surface area contributed by atoms with Gasteiger partial charge in [-0.25, -0.2) is 9.97 Å². The molecule has 2 fully saturated rings. The van der Waals surface area contributed by atoms with E-state index >= 15 is 0 Å². The van der Waals surface area contributed by atoms with Gasteiger partial charge in [0.05, 0.1) is 41.5 Å². The van der Waals surface area contributed by atoms with Crippen LogP contribution in [-0.2, 0) is 17.7 Å². The highest BCUT2D eigenvalue weighted by Crippen LogP contribution is 2.42. The third kappa shape index (κ3) is 5.29. The molecule has 11 nitrogen and oxygen atoms in total. The first kappa shape index (κ1) is 28.0. The van der Waals surface area contributed by atoms with E-state index in [4.69, 9.17) is 22.1 Å². The Labute approximate surface area is 246 Å². The number of nitrogens with one attached hydrogen (secondary N) is 1. The number of nitrogens with zero attached hydrogens (tertiary/aromatic N) is 5. The molecule has 13 heteroatoms. The molecule has 3 aromatic rings. The molecule has 0 saturated carbocycles. The van der Waals surface area contributed by atoms with E-state index < -0.39 is 22.9 Å². The normalized spacial score (nSPS) is 21.6. The summed E-state index contributed by atoms with van der Waals surface area (Å²) in [5.74, 6) is -0.855. The predicted molar refractivity (Wildman–Crippen MR) is 156 cm³/mol. The van der Waals surface area contributed by atoms with Gasteiger partial charge in [-0.05, 0) is 56.5 Å². The van der Waals surface area contributed by atoms with Crippen LogP contribution in [0.1, 0.15) is 48.8 Å². The Morgan fingerprint density at radius 2 is 1.98 bits per heavy atom. The number of carbonyl (C=O) groups excluding carboxylic acids is 1. The Morgan fingerprint density at radius 1 is 1.22 bits per heavy atom. The number of piperidine rings is 1. The summed E-state index contributed by atoms with van der Waals surface area (Å²) >= 11 is 7.90. The van der Waals surface area contributed by atoms with Crippen molar-refractivity contribution < 1.29 is 14.6 Å². The van der Waals surface area contributed by atoms with Crippen LogP contribution in [-0.4, -0.2) is 62.4 Å². The molecule has 0 bridgehead atoms. The summed E-state index contributed by atoms with van der Waals surface area (Å²) in [5.41, 5.74) is 6.78. The van der Waals surface area contributed by atoms with Crippen LogP contribution in [0.15, 0.2) is 45.4 Å². The number of nitrogens with two attached hydrogens (primary N) is 1. The molecule has 2 saturated heterocycles. The molecular weight excluding hydrogens is 566 g/mol. The van der Waals surface area contributed by atoms with Crippen LogP contribution in [0.2, 0.25) is 5.02 Å². The van der Waals surface area contributed by atoms with E-state index in [1.54, 1.807) is 30.6 Å². The SMILES string of the molecule is C[C@@H]1OCC2(CCN(c3cnc(Sc4cccc(NC(=O)c5c(O)nc6n(c5=O)CCCC6)c4Cl)nc3)CC2)[C@@H]1N. The number of hydrogen-bond donors (Lipinski definition) is 3. The molecule has 0 unspecified atom stereocenters. The Kier molecular flexibility index (Phi) is 7.66. The molecule has 4 N–H and O–H groups in total. The van der Waals surface area contributed by atoms with E-state index in [0.717, 1.165) is 51.1 Å². The minimum absolute atomic E-state index is 0.0486. The number of aromatic nitrogens is 4. The Bertz CT molecular complexity index is 1530. The van der Waals surface area contributed by atoms with E-state index in [1.807, 2.05) is 6.92 Å². The van der Waals surface area contributed by atoms with Crippen molar-refractivity contribution in [3.63, 3.8) is 0 Å². The van der Waals surface area contributed by atoms with Gasteiger partial charge in [-0.1, -0.05) is 17.7 Å². The van der Waals surface area contributed by atoms with Crippen LogP contribution < -0.4 is 21.5 Å². The number of carbonyl (C=O) groups is 1. The summed E-state index contributed by atoms with van der Waals surface area (Å²) in [5, 5.41) is 13.8. The molecule has 1 spiro atoms. The van der Waals surface area contributed by atoms with E-state index in [9.17, 15) is 14.7 Å². The van der Waals surface area contributed by atoms with Crippen LogP contribution in [0.4, 0.5) is 11.4 Å². The Hall–Kier alpha value is -3.19. The first-order valence-electron chi connectivity index (χ1n) is 13.8. The minimum Gasteiger partial charge on any atom is -0.493 e. The Morgan fingerprint density at radius 3 is 2.68 bits per heavy atom. The van der Waals surface area contributed by atoms with E-state index in [2.05, 4.69) is 25.2 Å². The first-order chi connectivity index (χ1) is 19.8. The summed E-state index contributed by atoms with van der Waals surface area (Å²) in [7, 11) is 0. The van der Waals surface area contributed by atoms with Gasteiger partial charge < -0.3 is 25.8 Å². The average molecular weight is 598 g/mol. The molecule has 41 heavy (non-hydrogen) atoms. The van der Waals surface area contributed by atoms with Gasteiger partial charge in [0.25, 0.3) is 11.5 Å². The highest BCUT2D eigenvalue weighted by atomic mass is 35.5. The lowest BCUT2D eigenvalue weighted by Gasteiger charge is -2.41. The smallest absolute Gasteiger partial charge is 0.270 e. The average Bonchev–Trinajstić information content (AvgIpc) is 3.24. The number of rotatable bonds is 5. The number of fused-ring (bicyclic) bond motifs is 1. The summed E-state index contributed by atoms with van der Waals surface area (Å²) in [4.78, 5) is 42.0. The third-order valence-electron chi connectivity index (χ3n) is 8.49. The highest BCUT2D eigenvalue weighted by molar-refractivity contribution is 7.99. The van der Waals surface area contributed by atoms with Crippen LogP contribution >= 0.6 is 23.4 Å². The van der Waals surface area contributed by atoms with Crippen LogP contribution in [0.25, 0.3) is 0 Å². The molecule has 0 radical (unpaired) electrons. The molecule has 1 amide bonds. The van der Waals surface area contributed by atoms with Crippen molar-refractivity contribution >= 4 is 40.6 Å². The van der Waals surface area contributed by atoms with Gasteiger partial charge in [0.2, 0.25) is 5.88 Å². The monoisotopic (exact) mass is 597 g/mol. The van der Waals surface area contributed by atoms with Gasteiger partial charge in [-0.2, -0.15) is 4.98 Å². The van der Waals surface area contributed by atoms with Crippen LogP contribution in [0, 0.1) is 5.41 Å². The number of hydrogen-bond acceptors (Lipinski definition) is 10. The second kappa shape index (κ2) is 11.2. The van der Waals surface area contributed by atoms with Gasteiger partial charge in [0.1, 0.15) is 5.82 Å². The standard InChI is InChI=1S/C28H32ClN7O4S/c1-16-23(30)28(15-40-16)8-11-35(12-9-28)17-13-31-27(32-14-17)41-19-6-4-5-18(22(19)29)33-24(37)21-25(38)34-20-7-2-3-10-36(20)26(21)39/h4-6,13-14,16,23,38H,2-3,7-12,15,30H2,1H3,(H,33,37)/t16-,23+/m0/s1. The molecule has 5 heterocycles. The van der Waals surface area contributed by atoms with E-state index in [-0.39, 0.29) is 22.6 Å². The molecule has 2 aromatic heterocycles. The summed E-state index contributed by atoms with van der Waals surface area (Å²) in [6.07, 6.45) is 7.92. The van der Waals surface area contributed by atoms with Gasteiger partial charge in [-0.3, -0.25) is 14.2 Å². The second-order valence-corrected chi connectivity index (χ2v) is 12.3. The fraction of sp³-hybridized carbons (Fsp3) is 0.464. The summed E-state index contributed by atoms with van der Waals surface area (Å²) < 4.78 is 7.28. The number of ether oxygens (including phenoxy) is 1. The molecule has 2 atom stereocenters. The lowest BCUT2D eigenvalue weighted by Crippen LogP contribution is -2.50. The highest BCUT2D eigenvalue weighted by Gasteiger charge is 2.47. The minimum atomic E-state index is -0.770. The van der Waals surface area contributed by atoms with Crippen LogP contribution in [0.3, 0.4) is 0 Å². The van der Waals surface area contributed by atoms with E-state index in [0.29, 0.717) is 34.5 Å². The third-order valence-corrected chi connectivity index (χ3v) is 9.96. The maximum Gasteiger partial charge on any atom is 0.270 e. The second-order valence-electron chi connectivity index (χ2n) is 10.9. The number of aromatic hydroxyl groups is 1. The van der Waals surface area contributed by atoms with Crippen molar-refractivity contribution in [3.8, 4) is 5.88 Å². The Balaban J connectivity index is 1.13. The number of halogens is 1. The topological polar surface area (TPSA) is 148 Å². The molecule has 216 valence electrons. The quantitative estimate of drug-likeness (QED) is 0.373. The van der Waals surface area contributed by atoms with Crippen molar-refractivity contribution in [1.82, 2.24) is 19.5 Å². The number of aryl methyl sites for hydroxylation is 1. The first-order valence-corrected chi connectivity index (χ1v) is 15.0. The predicted octanol–water partition coefficient (Wildman–Crippen LogP) is 3.46. The van der Waals surface area contributed by atoms with Gasteiger partial charge in [0.15, 0.2) is 10.7 Å². The van der Waals surface area contributed by atoms with Crippen molar-refractivity contribution in [1.29, 1.82) is 0 Å². The van der Waals surface area contributed by atoms with Gasteiger partial charge >= 0.3 is 0 Å². The van der Waals surface area contributed by atoms with Crippen molar-refractivity contribution in [2.24, 2.45) is 11.1 Å². The number of benzene rings is 1. The zero-order valence-corrected chi connectivity index (χ0v) is 24.2. The number of anilines is 2. The fourth-order valence-electron chi connectivity index (χ4n) is 5.94. The molecule has 1 aromatic carbocycles. The van der Waals surface area contributed by atoms with Gasteiger partial charge in [-0.15, -0.1) is 0 Å². The lowest BCUT2D eigenvalue weighted by molar-refractivity contribution is 0.0974. The maximum absolute atomic E-state index is 13.0. The van der Waals surface area contributed by atoms with Crippen molar-refractivity contribution in [2.75, 3.05) is 29.9 Å². The molecule has 0 aliphatic carbocycles. The summed E-state index contributed by atoms with van der Waals surface area (Å²) in [6, 6.07) is 5.22. The van der Waals surface area contributed by atoms with E-state index in [1.165, 1.54) is 16.3 Å². The van der Waals surface area contributed by atoms with Crippen molar-refractivity contribution in [3.05, 3.63) is 57.4 Å². The summed E-state index contributed by atoms with van der Waals surface area (Å²) in [6.45, 7) is 4.97.